The Morgan fingerprint density at radius 1 is 1.19 bits per heavy atom. The van der Waals surface area contributed by atoms with E-state index in [9.17, 15) is 14.0 Å². The number of fused-ring (bicyclic) bond motifs is 1. The number of ether oxygens (including phenoxy) is 1. The second-order valence-electron chi connectivity index (χ2n) is 6.24. The molecule has 0 atom stereocenters. The lowest BCUT2D eigenvalue weighted by atomic mass is 10.0. The van der Waals surface area contributed by atoms with Crippen molar-refractivity contribution in [2.24, 2.45) is 0 Å². The third-order valence-corrected chi connectivity index (χ3v) is 4.42. The molecule has 0 saturated heterocycles. The summed E-state index contributed by atoms with van der Waals surface area (Å²) >= 11 is 0. The Bertz CT molecular complexity index is 824. The highest BCUT2D eigenvalue weighted by molar-refractivity contribution is 6.05. The largest absolute Gasteiger partial charge is 0.385 e. The lowest BCUT2D eigenvalue weighted by Gasteiger charge is -2.18. The van der Waals surface area contributed by atoms with Crippen molar-refractivity contribution in [3.8, 4) is 0 Å². The summed E-state index contributed by atoms with van der Waals surface area (Å²) in [4.78, 5) is 26.7. The topological polar surface area (TPSA) is 70.7 Å². The van der Waals surface area contributed by atoms with Crippen molar-refractivity contribution in [1.82, 2.24) is 5.32 Å². The number of halogens is 1. The average molecular weight is 371 g/mol. The van der Waals surface area contributed by atoms with Crippen molar-refractivity contribution in [3.63, 3.8) is 0 Å². The zero-order valence-corrected chi connectivity index (χ0v) is 15.1. The number of carbonyl (C=O) groups is 2. The van der Waals surface area contributed by atoms with Gasteiger partial charge in [0.2, 0.25) is 0 Å². The first-order valence-electron chi connectivity index (χ1n) is 8.83. The van der Waals surface area contributed by atoms with Gasteiger partial charge in [-0.1, -0.05) is 6.07 Å². The van der Waals surface area contributed by atoms with E-state index < -0.39 is 0 Å². The third kappa shape index (κ3) is 4.43. The standard InChI is InChI=1S/C20H22FN3O3/c1-27-13-3-11-22-19(25)17-4-2-5-18-16(17)10-12-24(18)20(26)23-15-8-6-14(21)7-9-15/h2,4-9H,3,10-13H2,1H3,(H,22,25)(H,23,26). The fourth-order valence-electron chi connectivity index (χ4n) is 3.10. The first-order valence-corrected chi connectivity index (χ1v) is 8.83. The molecule has 2 aromatic carbocycles. The minimum absolute atomic E-state index is 0.149. The molecule has 1 heterocycles. The highest BCUT2D eigenvalue weighted by Gasteiger charge is 2.28. The van der Waals surface area contributed by atoms with E-state index in [0.717, 1.165) is 17.7 Å². The van der Waals surface area contributed by atoms with Crippen LogP contribution in [0.3, 0.4) is 0 Å². The van der Waals surface area contributed by atoms with Gasteiger partial charge in [0.1, 0.15) is 5.82 Å². The van der Waals surface area contributed by atoms with E-state index in [-0.39, 0.29) is 17.8 Å². The molecule has 142 valence electrons. The van der Waals surface area contributed by atoms with Gasteiger partial charge in [-0.25, -0.2) is 9.18 Å². The molecular weight excluding hydrogens is 349 g/mol. The Balaban J connectivity index is 1.70. The Kier molecular flexibility index (Phi) is 6.03. The first-order chi connectivity index (χ1) is 13.1. The monoisotopic (exact) mass is 371 g/mol. The maximum Gasteiger partial charge on any atom is 0.326 e. The van der Waals surface area contributed by atoms with E-state index in [2.05, 4.69) is 10.6 Å². The van der Waals surface area contributed by atoms with Crippen LogP contribution < -0.4 is 15.5 Å². The normalized spacial score (nSPS) is 12.6. The van der Waals surface area contributed by atoms with Crippen LogP contribution in [0.15, 0.2) is 42.5 Å². The number of urea groups is 1. The number of carbonyl (C=O) groups excluding carboxylic acids is 2. The number of amides is 3. The summed E-state index contributed by atoms with van der Waals surface area (Å²) < 4.78 is 18.0. The number of anilines is 2. The van der Waals surface area contributed by atoms with Crippen LogP contribution in [0.1, 0.15) is 22.3 Å². The van der Waals surface area contributed by atoms with E-state index in [1.165, 1.54) is 24.3 Å². The van der Waals surface area contributed by atoms with Gasteiger partial charge in [-0.05, 0) is 54.8 Å². The molecule has 0 fully saturated rings. The molecule has 0 aromatic heterocycles. The fourth-order valence-corrected chi connectivity index (χ4v) is 3.10. The summed E-state index contributed by atoms with van der Waals surface area (Å²) in [7, 11) is 1.62. The molecule has 2 aromatic rings. The van der Waals surface area contributed by atoms with Crippen LogP contribution in [0.2, 0.25) is 0 Å². The van der Waals surface area contributed by atoms with Crippen LogP contribution >= 0.6 is 0 Å². The van der Waals surface area contributed by atoms with Crippen molar-refractivity contribution in [2.75, 3.05) is 37.0 Å². The Labute approximate surface area is 157 Å². The molecule has 7 heteroatoms. The fraction of sp³-hybridized carbons (Fsp3) is 0.300. The van der Waals surface area contributed by atoms with Crippen molar-refractivity contribution >= 4 is 23.3 Å². The van der Waals surface area contributed by atoms with E-state index in [0.29, 0.717) is 37.4 Å². The van der Waals surface area contributed by atoms with Gasteiger partial charge in [0.05, 0.1) is 0 Å². The maximum absolute atomic E-state index is 13.0. The molecule has 0 unspecified atom stereocenters. The number of nitrogens with zero attached hydrogens (tertiary/aromatic N) is 1. The van der Waals surface area contributed by atoms with Gasteiger partial charge in [0.25, 0.3) is 5.91 Å². The van der Waals surface area contributed by atoms with Gasteiger partial charge >= 0.3 is 6.03 Å². The van der Waals surface area contributed by atoms with Crippen molar-refractivity contribution in [2.45, 2.75) is 12.8 Å². The average Bonchev–Trinajstić information content (AvgIpc) is 3.11. The van der Waals surface area contributed by atoms with Gasteiger partial charge in [-0.3, -0.25) is 9.69 Å². The number of rotatable bonds is 6. The van der Waals surface area contributed by atoms with Gasteiger partial charge in [-0.15, -0.1) is 0 Å². The molecule has 0 spiro atoms. The van der Waals surface area contributed by atoms with Crippen LogP contribution in [0.4, 0.5) is 20.6 Å². The van der Waals surface area contributed by atoms with E-state index in [1.807, 2.05) is 6.07 Å². The maximum atomic E-state index is 13.0. The lowest BCUT2D eigenvalue weighted by molar-refractivity contribution is 0.0948. The van der Waals surface area contributed by atoms with Crippen LogP contribution in [0.5, 0.6) is 0 Å². The minimum Gasteiger partial charge on any atom is -0.385 e. The van der Waals surface area contributed by atoms with Gasteiger partial charge in [0, 0.05) is 43.7 Å². The highest BCUT2D eigenvalue weighted by atomic mass is 19.1. The first kappa shape index (κ1) is 18.8. The molecule has 6 nitrogen and oxygen atoms in total. The van der Waals surface area contributed by atoms with Crippen LogP contribution in [0, 0.1) is 5.82 Å². The molecule has 2 N–H and O–H groups in total. The molecule has 0 aliphatic carbocycles. The van der Waals surface area contributed by atoms with E-state index >= 15 is 0 Å². The summed E-state index contributed by atoms with van der Waals surface area (Å²) in [5, 5.41) is 5.63. The summed E-state index contributed by atoms with van der Waals surface area (Å²) in [5.41, 5.74) is 2.68. The van der Waals surface area contributed by atoms with Crippen LogP contribution in [0.25, 0.3) is 0 Å². The summed E-state index contributed by atoms with van der Waals surface area (Å²) in [6.45, 7) is 1.60. The van der Waals surface area contributed by atoms with Crippen molar-refractivity contribution in [1.29, 1.82) is 0 Å². The van der Waals surface area contributed by atoms with Gasteiger partial charge < -0.3 is 15.4 Å². The summed E-state index contributed by atoms with van der Waals surface area (Å²) in [5.74, 6) is -0.510. The molecule has 0 radical (unpaired) electrons. The van der Waals surface area contributed by atoms with E-state index in [1.54, 1.807) is 24.1 Å². The van der Waals surface area contributed by atoms with Crippen LogP contribution in [-0.4, -0.2) is 38.7 Å². The molecule has 27 heavy (non-hydrogen) atoms. The predicted molar refractivity (Wildman–Crippen MR) is 102 cm³/mol. The molecule has 0 bridgehead atoms. The predicted octanol–water partition coefficient (Wildman–Crippen LogP) is 3.19. The molecule has 3 rings (SSSR count). The van der Waals surface area contributed by atoms with Crippen molar-refractivity contribution < 1.29 is 18.7 Å². The summed E-state index contributed by atoms with van der Waals surface area (Å²) in [6.07, 6.45) is 1.34. The number of hydrogen-bond acceptors (Lipinski definition) is 3. The number of methoxy groups -OCH3 is 1. The number of hydrogen-bond donors (Lipinski definition) is 2. The lowest BCUT2D eigenvalue weighted by Crippen LogP contribution is -2.33. The highest BCUT2D eigenvalue weighted by Crippen LogP contribution is 2.31. The molecular formula is C20H22FN3O3. The second-order valence-corrected chi connectivity index (χ2v) is 6.24. The Morgan fingerprint density at radius 3 is 2.70 bits per heavy atom. The van der Waals surface area contributed by atoms with Gasteiger partial charge in [0.15, 0.2) is 0 Å². The number of nitrogens with one attached hydrogen (secondary N) is 2. The zero-order chi connectivity index (χ0) is 19.2. The zero-order valence-electron chi connectivity index (χ0n) is 15.1. The molecule has 0 saturated carbocycles. The molecule has 3 amide bonds. The van der Waals surface area contributed by atoms with Gasteiger partial charge in [-0.2, -0.15) is 0 Å². The second kappa shape index (κ2) is 8.64. The quantitative estimate of drug-likeness (QED) is 0.766. The Morgan fingerprint density at radius 2 is 1.96 bits per heavy atom. The van der Waals surface area contributed by atoms with Crippen LogP contribution in [-0.2, 0) is 11.2 Å². The van der Waals surface area contributed by atoms with Crippen molar-refractivity contribution in [3.05, 3.63) is 59.4 Å². The van der Waals surface area contributed by atoms with E-state index in [4.69, 9.17) is 4.74 Å². The number of benzene rings is 2. The Hall–Kier alpha value is -2.93. The molecule has 1 aliphatic rings. The minimum atomic E-state index is -0.360. The SMILES string of the molecule is COCCCNC(=O)c1cccc2c1CCN2C(=O)Nc1ccc(F)cc1. The summed E-state index contributed by atoms with van der Waals surface area (Å²) in [6, 6.07) is 10.7. The third-order valence-electron chi connectivity index (χ3n) is 4.42. The smallest absolute Gasteiger partial charge is 0.326 e. The molecule has 1 aliphatic heterocycles.